The molecule has 2 aromatic carbocycles. The molecule has 1 N–H and O–H groups in total. The van der Waals surface area contributed by atoms with Gasteiger partial charge in [-0.2, -0.15) is 0 Å². The highest BCUT2D eigenvalue weighted by molar-refractivity contribution is 6.46. The molecule has 1 atom stereocenters. The number of nitrogens with zero attached hydrogens (tertiary/aromatic N) is 2. The maximum absolute atomic E-state index is 13.2. The number of hydrogen-bond donors (Lipinski definition) is 1. The molecule has 0 saturated carbocycles. The zero-order valence-electron chi connectivity index (χ0n) is 18.3. The summed E-state index contributed by atoms with van der Waals surface area (Å²) in [4.78, 5) is 31.8. The van der Waals surface area contributed by atoms with Gasteiger partial charge >= 0.3 is 0 Å². The Morgan fingerprint density at radius 1 is 1.15 bits per heavy atom. The summed E-state index contributed by atoms with van der Waals surface area (Å²) in [5.74, 6) is -0.945. The molecule has 1 fully saturated rings. The highest BCUT2D eigenvalue weighted by Gasteiger charge is 2.46. The lowest BCUT2D eigenvalue weighted by Crippen LogP contribution is -2.29. The van der Waals surface area contributed by atoms with Crippen molar-refractivity contribution >= 4 is 29.1 Å². The minimum absolute atomic E-state index is 0.0368. The smallest absolute Gasteiger partial charge is 0.295 e. The van der Waals surface area contributed by atoms with E-state index in [1.807, 2.05) is 19.9 Å². The van der Waals surface area contributed by atoms with Gasteiger partial charge in [0, 0.05) is 29.5 Å². The standard InChI is InChI=1S/C26H23ClN2O4/c1-3-33-21-11-8-19(13-16(21)2)24(30)22-23(18-6-9-20(27)10-7-18)29(26(32)25(22)31)15-17-5-4-12-28-14-17/h4-14,23,30H,3,15H2,1-2H3/t23-/m0/s1. The van der Waals surface area contributed by atoms with Gasteiger partial charge in [0.25, 0.3) is 11.7 Å². The third kappa shape index (κ3) is 4.47. The second-order valence-corrected chi connectivity index (χ2v) is 8.19. The molecule has 3 aromatic rings. The van der Waals surface area contributed by atoms with Crippen LogP contribution >= 0.6 is 11.6 Å². The fourth-order valence-electron chi connectivity index (χ4n) is 3.99. The van der Waals surface area contributed by atoms with Gasteiger partial charge in [-0.05, 0) is 66.9 Å². The number of likely N-dealkylation sites (tertiary alicyclic amines) is 1. The number of aliphatic hydroxyl groups is 1. The molecule has 2 heterocycles. The Kier molecular flexibility index (Phi) is 6.47. The molecule has 7 heteroatoms. The number of halogens is 1. The van der Waals surface area contributed by atoms with Crippen LogP contribution < -0.4 is 4.74 Å². The summed E-state index contributed by atoms with van der Waals surface area (Å²) in [6.45, 7) is 4.44. The molecule has 33 heavy (non-hydrogen) atoms. The Hall–Kier alpha value is -3.64. The number of ether oxygens (including phenoxy) is 1. The summed E-state index contributed by atoms with van der Waals surface area (Å²) in [6.07, 6.45) is 3.29. The van der Waals surface area contributed by atoms with Gasteiger partial charge in [0.15, 0.2) is 0 Å². The zero-order chi connectivity index (χ0) is 23.5. The van der Waals surface area contributed by atoms with Gasteiger partial charge in [-0.15, -0.1) is 0 Å². The number of aryl methyl sites for hydroxylation is 1. The number of hydrogen-bond acceptors (Lipinski definition) is 5. The van der Waals surface area contributed by atoms with E-state index in [1.54, 1.807) is 60.9 Å². The van der Waals surface area contributed by atoms with Crippen molar-refractivity contribution in [3.8, 4) is 5.75 Å². The van der Waals surface area contributed by atoms with Crippen LogP contribution in [0.5, 0.6) is 5.75 Å². The predicted molar refractivity (Wildman–Crippen MR) is 126 cm³/mol. The van der Waals surface area contributed by atoms with E-state index in [0.717, 1.165) is 11.1 Å². The van der Waals surface area contributed by atoms with Crippen molar-refractivity contribution < 1.29 is 19.4 Å². The molecule has 0 radical (unpaired) electrons. The van der Waals surface area contributed by atoms with Crippen molar-refractivity contribution in [3.05, 3.63) is 99.8 Å². The van der Waals surface area contributed by atoms with E-state index in [4.69, 9.17) is 16.3 Å². The Labute approximate surface area is 197 Å². The fraction of sp³-hybridized carbons (Fsp3) is 0.192. The van der Waals surface area contributed by atoms with Crippen LogP contribution in [0.15, 0.2) is 72.6 Å². The molecule has 1 saturated heterocycles. The number of aliphatic hydroxyl groups excluding tert-OH is 1. The number of amides is 1. The third-order valence-electron chi connectivity index (χ3n) is 5.55. The number of pyridine rings is 1. The first-order chi connectivity index (χ1) is 15.9. The van der Waals surface area contributed by atoms with Crippen molar-refractivity contribution in [3.63, 3.8) is 0 Å². The van der Waals surface area contributed by atoms with Gasteiger partial charge < -0.3 is 14.7 Å². The number of ketones is 1. The van der Waals surface area contributed by atoms with Crippen LogP contribution in [0, 0.1) is 6.92 Å². The Bertz CT molecular complexity index is 1220. The second-order valence-electron chi connectivity index (χ2n) is 7.75. The van der Waals surface area contributed by atoms with E-state index >= 15 is 0 Å². The quantitative estimate of drug-likeness (QED) is 0.314. The number of carbonyl (C=O) groups excluding carboxylic acids is 2. The van der Waals surface area contributed by atoms with E-state index in [-0.39, 0.29) is 17.9 Å². The van der Waals surface area contributed by atoms with E-state index < -0.39 is 17.7 Å². The number of aromatic nitrogens is 1. The van der Waals surface area contributed by atoms with Crippen LogP contribution in [0.4, 0.5) is 0 Å². The number of Topliss-reactive ketones (excluding diaryl/α,β-unsaturated/α-hetero) is 1. The summed E-state index contributed by atoms with van der Waals surface area (Å²) in [5.41, 5.74) is 2.74. The molecule has 0 aliphatic carbocycles. The third-order valence-corrected chi connectivity index (χ3v) is 5.80. The van der Waals surface area contributed by atoms with Gasteiger partial charge in [-0.25, -0.2) is 0 Å². The first-order valence-corrected chi connectivity index (χ1v) is 10.9. The largest absolute Gasteiger partial charge is 0.507 e. The van der Waals surface area contributed by atoms with Crippen molar-refractivity contribution in [2.24, 2.45) is 0 Å². The highest BCUT2D eigenvalue weighted by atomic mass is 35.5. The maximum atomic E-state index is 13.2. The minimum atomic E-state index is -0.769. The lowest BCUT2D eigenvalue weighted by atomic mass is 9.94. The predicted octanol–water partition coefficient (Wildman–Crippen LogP) is 5.06. The van der Waals surface area contributed by atoms with E-state index in [9.17, 15) is 14.7 Å². The lowest BCUT2D eigenvalue weighted by molar-refractivity contribution is -0.140. The second kappa shape index (κ2) is 9.46. The lowest BCUT2D eigenvalue weighted by Gasteiger charge is -2.25. The first kappa shape index (κ1) is 22.6. The molecular weight excluding hydrogens is 440 g/mol. The zero-order valence-corrected chi connectivity index (χ0v) is 19.0. The van der Waals surface area contributed by atoms with E-state index in [1.165, 1.54) is 4.90 Å². The van der Waals surface area contributed by atoms with Gasteiger partial charge in [0.05, 0.1) is 18.2 Å². The summed E-state index contributed by atoms with van der Waals surface area (Å²) < 4.78 is 5.57. The Morgan fingerprint density at radius 3 is 2.55 bits per heavy atom. The Morgan fingerprint density at radius 2 is 1.91 bits per heavy atom. The van der Waals surface area contributed by atoms with Gasteiger partial charge in [0.2, 0.25) is 0 Å². The molecular formula is C26H23ClN2O4. The Balaban J connectivity index is 1.84. The van der Waals surface area contributed by atoms with Crippen LogP contribution in [-0.4, -0.2) is 33.3 Å². The molecule has 1 aliphatic rings. The highest BCUT2D eigenvalue weighted by Crippen LogP contribution is 2.41. The number of benzene rings is 2. The summed E-state index contributed by atoms with van der Waals surface area (Å²) in [6, 6.07) is 14.9. The molecule has 4 rings (SSSR count). The molecule has 1 aliphatic heterocycles. The summed E-state index contributed by atoms with van der Waals surface area (Å²) >= 11 is 6.07. The molecule has 0 spiro atoms. The molecule has 1 amide bonds. The molecule has 0 bridgehead atoms. The molecule has 6 nitrogen and oxygen atoms in total. The normalized spacial score (nSPS) is 17.4. The van der Waals surface area contributed by atoms with Crippen molar-refractivity contribution in [1.82, 2.24) is 9.88 Å². The minimum Gasteiger partial charge on any atom is -0.507 e. The average Bonchev–Trinajstić information content (AvgIpc) is 3.06. The van der Waals surface area contributed by atoms with Crippen LogP contribution in [-0.2, 0) is 16.1 Å². The van der Waals surface area contributed by atoms with Gasteiger partial charge in [0.1, 0.15) is 11.5 Å². The monoisotopic (exact) mass is 462 g/mol. The topological polar surface area (TPSA) is 79.7 Å². The van der Waals surface area contributed by atoms with Gasteiger partial charge in [-0.1, -0.05) is 29.8 Å². The summed E-state index contributed by atoms with van der Waals surface area (Å²) in [7, 11) is 0. The van der Waals surface area contributed by atoms with Crippen LogP contribution in [0.3, 0.4) is 0 Å². The number of rotatable bonds is 6. The molecule has 0 unspecified atom stereocenters. The van der Waals surface area contributed by atoms with Crippen molar-refractivity contribution in [2.45, 2.75) is 26.4 Å². The van der Waals surface area contributed by atoms with Crippen LogP contribution in [0.2, 0.25) is 5.02 Å². The van der Waals surface area contributed by atoms with E-state index in [0.29, 0.717) is 28.5 Å². The fourth-order valence-corrected chi connectivity index (χ4v) is 4.12. The SMILES string of the molecule is CCOc1ccc(C(O)=C2C(=O)C(=O)N(Cc3cccnc3)[C@H]2c2ccc(Cl)cc2)cc1C. The van der Waals surface area contributed by atoms with Gasteiger partial charge in [-0.3, -0.25) is 14.6 Å². The summed E-state index contributed by atoms with van der Waals surface area (Å²) in [5, 5.41) is 11.8. The van der Waals surface area contributed by atoms with Crippen LogP contribution in [0.1, 0.15) is 35.2 Å². The van der Waals surface area contributed by atoms with Crippen molar-refractivity contribution in [2.75, 3.05) is 6.61 Å². The van der Waals surface area contributed by atoms with Crippen LogP contribution in [0.25, 0.3) is 5.76 Å². The molecule has 1 aromatic heterocycles. The molecule has 168 valence electrons. The van der Waals surface area contributed by atoms with Crippen molar-refractivity contribution in [1.29, 1.82) is 0 Å². The average molecular weight is 463 g/mol. The number of carbonyl (C=O) groups is 2. The first-order valence-electron chi connectivity index (χ1n) is 10.6. The maximum Gasteiger partial charge on any atom is 0.295 e. The van der Waals surface area contributed by atoms with E-state index in [2.05, 4.69) is 4.98 Å².